The number of rotatable bonds is 7. The number of carboxylic acids is 1. The molecule has 1 aromatic carbocycles. The summed E-state index contributed by atoms with van der Waals surface area (Å²) in [4.78, 5) is 11.5. The molecule has 0 unspecified atom stereocenters. The van der Waals surface area contributed by atoms with E-state index in [1.807, 2.05) is 32.0 Å². The molecule has 1 rings (SSSR count). The number of ether oxygens (including phenoxy) is 1. The Hall–Kier alpha value is -1.51. The van der Waals surface area contributed by atoms with Gasteiger partial charge < -0.3 is 9.84 Å². The Morgan fingerprint density at radius 2 is 1.71 bits per heavy atom. The van der Waals surface area contributed by atoms with Crippen molar-refractivity contribution in [1.29, 1.82) is 0 Å². The van der Waals surface area contributed by atoms with Crippen LogP contribution in [0.15, 0.2) is 30.3 Å². The molecule has 1 aromatic rings. The lowest BCUT2D eigenvalue weighted by atomic mass is 9.92. The number of carboxylic acid groups (broad SMARTS) is 1. The molecule has 3 nitrogen and oxygen atoms in total. The Balaban J connectivity index is 2.92. The van der Waals surface area contributed by atoms with Gasteiger partial charge in [-0.15, -0.1) is 0 Å². The summed E-state index contributed by atoms with van der Waals surface area (Å²) < 4.78 is 5.74. The fourth-order valence-electron chi connectivity index (χ4n) is 2.01. The molecule has 0 saturated heterocycles. The molecular formula is C14H20O3. The summed E-state index contributed by atoms with van der Waals surface area (Å²) in [7, 11) is 0. The van der Waals surface area contributed by atoms with Crippen molar-refractivity contribution in [2.45, 2.75) is 45.1 Å². The molecule has 0 spiro atoms. The minimum absolute atomic E-state index is 0.533. The molecule has 1 N–H and O–H groups in total. The lowest BCUT2D eigenvalue weighted by Crippen LogP contribution is -2.44. The molecule has 0 saturated carbocycles. The summed E-state index contributed by atoms with van der Waals surface area (Å²) >= 11 is 0. The van der Waals surface area contributed by atoms with Gasteiger partial charge >= 0.3 is 5.97 Å². The highest BCUT2D eigenvalue weighted by molar-refractivity contribution is 5.78. The average Bonchev–Trinajstić information content (AvgIpc) is 2.30. The van der Waals surface area contributed by atoms with Crippen LogP contribution in [0.3, 0.4) is 0 Å². The van der Waals surface area contributed by atoms with E-state index in [-0.39, 0.29) is 0 Å². The average molecular weight is 236 g/mol. The van der Waals surface area contributed by atoms with Gasteiger partial charge in [-0.1, -0.05) is 44.9 Å². The first-order valence-electron chi connectivity index (χ1n) is 6.12. The van der Waals surface area contributed by atoms with Crippen molar-refractivity contribution in [2.24, 2.45) is 0 Å². The van der Waals surface area contributed by atoms with Crippen LogP contribution in [-0.2, 0) is 4.79 Å². The number of hydrogen-bond acceptors (Lipinski definition) is 2. The quantitative estimate of drug-likeness (QED) is 0.788. The number of carbonyl (C=O) groups is 1. The van der Waals surface area contributed by atoms with E-state index < -0.39 is 11.6 Å². The van der Waals surface area contributed by atoms with Gasteiger partial charge in [0.25, 0.3) is 0 Å². The first kappa shape index (κ1) is 13.6. The zero-order chi connectivity index (χ0) is 12.7. The number of hydrogen-bond donors (Lipinski definition) is 1. The maximum atomic E-state index is 11.5. The molecule has 0 fully saturated rings. The minimum Gasteiger partial charge on any atom is -0.478 e. The van der Waals surface area contributed by atoms with Gasteiger partial charge in [0.15, 0.2) is 0 Å². The van der Waals surface area contributed by atoms with E-state index in [0.29, 0.717) is 18.6 Å². The van der Waals surface area contributed by atoms with Gasteiger partial charge in [-0.05, 0) is 25.0 Å². The summed E-state index contributed by atoms with van der Waals surface area (Å²) in [5.74, 6) is -0.248. The molecule has 0 radical (unpaired) electrons. The Morgan fingerprint density at radius 3 is 2.12 bits per heavy atom. The van der Waals surface area contributed by atoms with Gasteiger partial charge in [0.2, 0.25) is 5.60 Å². The van der Waals surface area contributed by atoms with Crippen LogP contribution in [0.5, 0.6) is 5.75 Å². The molecule has 0 aliphatic rings. The standard InChI is InChI=1S/C14H20O3/c1-3-10-14(11-4-2,13(15)16)17-12-8-6-5-7-9-12/h5-9H,3-4,10-11H2,1-2H3,(H,15,16). The monoisotopic (exact) mass is 236 g/mol. The first-order valence-corrected chi connectivity index (χ1v) is 6.12. The molecule has 17 heavy (non-hydrogen) atoms. The highest BCUT2D eigenvalue weighted by Crippen LogP contribution is 2.27. The minimum atomic E-state index is -1.08. The first-order chi connectivity index (χ1) is 8.14. The summed E-state index contributed by atoms with van der Waals surface area (Å²) in [6, 6.07) is 9.17. The van der Waals surface area contributed by atoms with Crippen molar-refractivity contribution < 1.29 is 14.6 Å². The Labute approximate surface area is 102 Å². The molecule has 0 heterocycles. The zero-order valence-electron chi connectivity index (χ0n) is 10.5. The van der Waals surface area contributed by atoms with Crippen LogP contribution in [0.25, 0.3) is 0 Å². The molecule has 0 aromatic heterocycles. The lowest BCUT2D eigenvalue weighted by molar-refractivity contribution is -0.156. The third-order valence-corrected chi connectivity index (χ3v) is 2.75. The summed E-state index contributed by atoms with van der Waals surface area (Å²) in [5, 5.41) is 9.42. The molecule has 0 atom stereocenters. The van der Waals surface area contributed by atoms with Crippen LogP contribution in [0.2, 0.25) is 0 Å². The Kier molecular flexibility index (Phi) is 5.01. The highest BCUT2D eigenvalue weighted by Gasteiger charge is 2.39. The van der Waals surface area contributed by atoms with Crippen molar-refractivity contribution in [1.82, 2.24) is 0 Å². The predicted octanol–water partition coefficient (Wildman–Crippen LogP) is 3.49. The molecule has 0 amide bonds. The highest BCUT2D eigenvalue weighted by atomic mass is 16.5. The Bertz CT molecular complexity index is 340. The fourth-order valence-corrected chi connectivity index (χ4v) is 2.01. The van der Waals surface area contributed by atoms with E-state index in [2.05, 4.69) is 0 Å². The zero-order valence-corrected chi connectivity index (χ0v) is 10.5. The lowest BCUT2D eigenvalue weighted by Gasteiger charge is -2.30. The van der Waals surface area contributed by atoms with Gasteiger partial charge in [0.1, 0.15) is 5.75 Å². The van der Waals surface area contributed by atoms with Crippen LogP contribution in [0, 0.1) is 0 Å². The summed E-state index contributed by atoms with van der Waals surface area (Å²) in [6.45, 7) is 3.95. The van der Waals surface area contributed by atoms with Crippen molar-refractivity contribution in [3.05, 3.63) is 30.3 Å². The third-order valence-electron chi connectivity index (χ3n) is 2.75. The van der Waals surface area contributed by atoms with E-state index >= 15 is 0 Å². The Morgan fingerprint density at radius 1 is 1.18 bits per heavy atom. The van der Waals surface area contributed by atoms with Gasteiger partial charge in [0.05, 0.1) is 0 Å². The largest absolute Gasteiger partial charge is 0.478 e. The summed E-state index contributed by atoms with van der Waals surface area (Å²) in [5.41, 5.74) is -1.08. The van der Waals surface area contributed by atoms with Crippen molar-refractivity contribution in [2.75, 3.05) is 0 Å². The van der Waals surface area contributed by atoms with E-state index in [4.69, 9.17) is 4.74 Å². The van der Waals surface area contributed by atoms with E-state index in [9.17, 15) is 9.90 Å². The molecule has 0 aliphatic heterocycles. The van der Waals surface area contributed by atoms with Crippen molar-refractivity contribution >= 4 is 5.97 Å². The number of benzene rings is 1. The molecular weight excluding hydrogens is 216 g/mol. The molecule has 0 bridgehead atoms. The van der Waals surface area contributed by atoms with Gasteiger partial charge in [-0.2, -0.15) is 0 Å². The molecule has 3 heteroatoms. The van der Waals surface area contributed by atoms with Gasteiger partial charge in [-0.3, -0.25) is 0 Å². The van der Waals surface area contributed by atoms with E-state index in [1.165, 1.54) is 0 Å². The predicted molar refractivity (Wildman–Crippen MR) is 67.3 cm³/mol. The maximum absolute atomic E-state index is 11.5. The molecule has 94 valence electrons. The van der Waals surface area contributed by atoms with Gasteiger partial charge in [-0.25, -0.2) is 4.79 Å². The second-order valence-corrected chi connectivity index (χ2v) is 4.21. The number of aliphatic carboxylic acids is 1. The van der Waals surface area contributed by atoms with Crippen molar-refractivity contribution in [3.8, 4) is 5.75 Å². The molecule has 0 aliphatic carbocycles. The topological polar surface area (TPSA) is 46.5 Å². The second kappa shape index (κ2) is 6.28. The normalized spacial score (nSPS) is 11.2. The van der Waals surface area contributed by atoms with E-state index in [0.717, 1.165) is 12.8 Å². The van der Waals surface area contributed by atoms with Crippen LogP contribution in [0.4, 0.5) is 0 Å². The van der Waals surface area contributed by atoms with Crippen LogP contribution in [-0.4, -0.2) is 16.7 Å². The number of para-hydroxylation sites is 1. The fraction of sp³-hybridized carbons (Fsp3) is 0.500. The maximum Gasteiger partial charge on any atom is 0.348 e. The smallest absolute Gasteiger partial charge is 0.348 e. The van der Waals surface area contributed by atoms with Crippen LogP contribution < -0.4 is 4.74 Å². The second-order valence-electron chi connectivity index (χ2n) is 4.21. The van der Waals surface area contributed by atoms with Gasteiger partial charge in [0, 0.05) is 0 Å². The SMILES string of the molecule is CCCC(CCC)(Oc1ccccc1)C(=O)O. The van der Waals surface area contributed by atoms with Crippen molar-refractivity contribution in [3.63, 3.8) is 0 Å². The third kappa shape index (κ3) is 3.48. The van der Waals surface area contributed by atoms with E-state index in [1.54, 1.807) is 12.1 Å². The van der Waals surface area contributed by atoms with Crippen LogP contribution in [0.1, 0.15) is 39.5 Å². The van der Waals surface area contributed by atoms with Crippen LogP contribution >= 0.6 is 0 Å². The summed E-state index contributed by atoms with van der Waals surface area (Å²) in [6.07, 6.45) is 2.65.